The number of hydrogen-bond donors (Lipinski definition) is 0. The summed E-state index contributed by atoms with van der Waals surface area (Å²) in [6.45, 7) is 8.73. The van der Waals surface area contributed by atoms with Gasteiger partial charge in [-0.25, -0.2) is 0 Å². The van der Waals surface area contributed by atoms with Crippen molar-refractivity contribution in [3.05, 3.63) is 35.7 Å². The Bertz CT molecular complexity index is 621. The van der Waals surface area contributed by atoms with E-state index in [1.165, 1.54) is 0 Å². The third-order valence-corrected chi connectivity index (χ3v) is 4.29. The Morgan fingerprint density at radius 2 is 1.87 bits per heavy atom. The molecule has 1 aromatic heterocycles. The fourth-order valence-corrected chi connectivity index (χ4v) is 2.83. The van der Waals surface area contributed by atoms with E-state index in [4.69, 9.17) is 9.26 Å². The predicted octanol–water partition coefficient (Wildman–Crippen LogP) is 1.81. The third-order valence-electron chi connectivity index (χ3n) is 4.29. The number of hydrogen-bond acceptors (Lipinski definition) is 6. The van der Waals surface area contributed by atoms with Crippen LogP contribution in [0.4, 0.5) is 0 Å². The second kappa shape index (κ2) is 7.68. The normalized spacial score (nSPS) is 16.8. The molecular weight excluding hydrogens is 292 g/mol. The highest BCUT2D eigenvalue weighted by Gasteiger charge is 2.19. The Hall–Kier alpha value is -1.76. The van der Waals surface area contributed by atoms with E-state index in [0.717, 1.165) is 57.0 Å². The first-order valence-electron chi connectivity index (χ1n) is 8.08. The maximum Gasteiger partial charge on any atom is 0.241 e. The summed E-state index contributed by atoms with van der Waals surface area (Å²) in [6, 6.07) is 8.10. The van der Waals surface area contributed by atoms with Crippen molar-refractivity contribution in [1.29, 1.82) is 0 Å². The molecule has 1 aliphatic heterocycles. The van der Waals surface area contributed by atoms with Gasteiger partial charge in [0.2, 0.25) is 11.7 Å². The van der Waals surface area contributed by atoms with Crippen LogP contribution in [-0.4, -0.2) is 66.4 Å². The fraction of sp³-hybridized carbons (Fsp3) is 0.529. The summed E-state index contributed by atoms with van der Waals surface area (Å²) in [5.74, 6) is 1.37. The molecule has 1 aromatic carbocycles. The highest BCUT2D eigenvalue weighted by atomic mass is 16.5. The molecule has 1 aliphatic rings. The van der Waals surface area contributed by atoms with Crippen LogP contribution in [0.15, 0.2) is 28.8 Å². The predicted molar refractivity (Wildman–Crippen MR) is 88.1 cm³/mol. The lowest BCUT2D eigenvalue weighted by molar-refractivity contribution is 0.0883. The van der Waals surface area contributed by atoms with Gasteiger partial charge in [0.05, 0.1) is 13.2 Å². The molecule has 1 saturated heterocycles. The fourth-order valence-electron chi connectivity index (χ4n) is 2.83. The average molecular weight is 316 g/mol. The summed E-state index contributed by atoms with van der Waals surface area (Å²) >= 11 is 0. The minimum atomic E-state index is 0.678. The maximum absolute atomic E-state index is 5.43. The van der Waals surface area contributed by atoms with Gasteiger partial charge in [0.1, 0.15) is 0 Å². The van der Waals surface area contributed by atoms with Crippen LogP contribution < -0.4 is 0 Å². The van der Waals surface area contributed by atoms with Crippen LogP contribution in [0.5, 0.6) is 0 Å². The van der Waals surface area contributed by atoms with E-state index < -0.39 is 0 Å². The van der Waals surface area contributed by atoms with Crippen LogP contribution >= 0.6 is 0 Å². The lowest BCUT2D eigenvalue weighted by Gasteiger charge is -2.33. The quantitative estimate of drug-likeness (QED) is 0.810. The first-order valence-corrected chi connectivity index (χ1v) is 8.08. The molecule has 23 heavy (non-hydrogen) atoms. The summed E-state index contributed by atoms with van der Waals surface area (Å²) in [4.78, 5) is 9.33. The third kappa shape index (κ3) is 4.16. The van der Waals surface area contributed by atoms with E-state index >= 15 is 0 Å². The Labute approximate surface area is 137 Å². The minimum Gasteiger partial charge on any atom is -0.383 e. The van der Waals surface area contributed by atoms with Crippen molar-refractivity contribution in [2.45, 2.75) is 13.5 Å². The zero-order chi connectivity index (χ0) is 16.1. The van der Waals surface area contributed by atoms with Crippen molar-refractivity contribution in [2.24, 2.45) is 0 Å². The van der Waals surface area contributed by atoms with Gasteiger partial charge < -0.3 is 9.26 Å². The molecule has 6 heteroatoms. The molecule has 2 heterocycles. The van der Waals surface area contributed by atoms with Gasteiger partial charge in [0.15, 0.2) is 0 Å². The summed E-state index contributed by atoms with van der Waals surface area (Å²) in [5.41, 5.74) is 2.19. The highest BCUT2D eigenvalue weighted by molar-refractivity contribution is 5.58. The second-order valence-corrected chi connectivity index (χ2v) is 5.94. The average Bonchev–Trinajstić information content (AvgIpc) is 3.03. The van der Waals surface area contributed by atoms with Gasteiger partial charge in [-0.3, -0.25) is 9.80 Å². The SMILES string of the molecule is COCCN1CCN(Cc2nc(-c3ccccc3C)no2)CC1. The van der Waals surface area contributed by atoms with E-state index in [0.29, 0.717) is 11.7 Å². The van der Waals surface area contributed by atoms with Gasteiger partial charge in [-0.2, -0.15) is 4.98 Å². The minimum absolute atomic E-state index is 0.678. The summed E-state index contributed by atoms with van der Waals surface area (Å²) in [5, 5.41) is 4.13. The van der Waals surface area contributed by atoms with Gasteiger partial charge in [-0.15, -0.1) is 0 Å². The van der Waals surface area contributed by atoms with Gasteiger partial charge in [0, 0.05) is 45.4 Å². The summed E-state index contributed by atoms with van der Waals surface area (Å²) in [7, 11) is 1.75. The van der Waals surface area contributed by atoms with Crippen molar-refractivity contribution in [1.82, 2.24) is 19.9 Å². The second-order valence-electron chi connectivity index (χ2n) is 5.94. The Kier molecular flexibility index (Phi) is 5.38. The van der Waals surface area contributed by atoms with Crippen LogP contribution in [0.25, 0.3) is 11.4 Å². The Balaban J connectivity index is 1.55. The topological polar surface area (TPSA) is 54.6 Å². The molecule has 124 valence electrons. The molecule has 0 N–H and O–H groups in total. The molecule has 0 amide bonds. The number of methoxy groups -OCH3 is 1. The number of ether oxygens (including phenoxy) is 1. The zero-order valence-corrected chi connectivity index (χ0v) is 13.9. The highest BCUT2D eigenvalue weighted by Crippen LogP contribution is 2.20. The molecule has 0 unspecified atom stereocenters. The van der Waals surface area contributed by atoms with E-state index in [1.54, 1.807) is 7.11 Å². The summed E-state index contributed by atoms with van der Waals surface area (Å²) < 4.78 is 10.6. The first kappa shape index (κ1) is 16.1. The van der Waals surface area contributed by atoms with Gasteiger partial charge in [0.25, 0.3) is 0 Å². The van der Waals surface area contributed by atoms with Crippen molar-refractivity contribution in [3.63, 3.8) is 0 Å². The number of nitrogens with zero attached hydrogens (tertiary/aromatic N) is 4. The molecule has 0 aliphatic carbocycles. The first-order chi connectivity index (χ1) is 11.3. The molecule has 2 aromatic rings. The number of rotatable bonds is 6. The van der Waals surface area contributed by atoms with Crippen molar-refractivity contribution < 1.29 is 9.26 Å². The van der Waals surface area contributed by atoms with Crippen LogP contribution in [0.1, 0.15) is 11.5 Å². The van der Waals surface area contributed by atoms with Crippen LogP contribution in [-0.2, 0) is 11.3 Å². The molecule has 6 nitrogen and oxygen atoms in total. The zero-order valence-electron chi connectivity index (χ0n) is 13.9. The number of aryl methyl sites for hydroxylation is 1. The van der Waals surface area contributed by atoms with E-state index in [1.807, 2.05) is 18.2 Å². The number of piperazine rings is 1. The largest absolute Gasteiger partial charge is 0.383 e. The molecule has 0 spiro atoms. The molecule has 0 radical (unpaired) electrons. The van der Waals surface area contributed by atoms with Crippen molar-refractivity contribution in [3.8, 4) is 11.4 Å². The molecule has 0 bridgehead atoms. The monoisotopic (exact) mass is 316 g/mol. The number of benzene rings is 1. The van der Waals surface area contributed by atoms with Crippen molar-refractivity contribution in [2.75, 3.05) is 46.4 Å². The molecule has 1 fully saturated rings. The Morgan fingerprint density at radius 1 is 1.13 bits per heavy atom. The molecule has 0 atom stereocenters. The number of aromatic nitrogens is 2. The lowest BCUT2D eigenvalue weighted by Crippen LogP contribution is -2.46. The van der Waals surface area contributed by atoms with Crippen LogP contribution in [0.3, 0.4) is 0 Å². The molecule has 0 saturated carbocycles. The molecule has 3 rings (SSSR count). The Morgan fingerprint density at radius 3 is 2.61 bits per heavy atom. The van der Waals surface area contributed by atoms with E-state index in [2.05, 4.69) is 32.9 Å². The van der Waals surface area contributed by atoms with Gasteiger partial charge in [-0.05, 0) is 12.5 Å². The van der Waals surface area contributed by atoms with E-state index in [-0.39, 0.29) is 0 Å². The maximum atomic E-state index is 5.43. The summed E-state index contributed by atoms with van der Waals surface area (Å²) in [6.07, 6.45) is 0. The molecular formula is C17H24N4O2. The van der Waals surface area contributed by atoms with Crippen LogP contribution in [0.2, 0.25) is 0 Å². The van der Waals surface area contributed by atoms with Crippen LogP contribution in [0, 0.1) is 6.92 Å². The van der Waals surface area contributed by atoms with Gasteiger partial charge >= 0.3 is 0 Å². The lowest BCUT2D eigenvalue weighted by atomic mass is 10.1. The standard InChI is InChI=1S/C17H24N4O2/c1-14-5-3-4-6-15(14)17-18-16(23-19-17)13-21-9-7-20(8-10-21)11-12-22-2/h3-6H,7-13H2,1-2H3. The van der Waals surface area contributed by atoms with Crippen molar-refractivity contribution >= 4 is 0 Å². The smallest absolute Gasteiger partial charge is 0.241 e. The van der Waals surface area contributed by atoms with Gasteiger partial charge in [-0.1, -0.05) is 29.4 Å². The van der Waals surface area contributed by atoms with E-state index in [9.17, 15) is 0 Å².